The molecular formula is C17H24ClFN2O2. The number of benzene rings is 1. The van der Waals surface area contributed by atoms with Crippen molar-refractivity contribution in [2.45, 2.75) is 38.7 Å². The molecule has 0 aromatic heterocycles. The van der Waals surface area contributed by atoms with E-state index in [0.717, 1.165) is 32.4 Å². The van der Waals surface area contributed by atoms with Gasteiger partial charge in [-0.1, -0.05) is 0 Å². The first-order valence-corrected chi connectivity index (χ1v) is 8.11. The van der Waals surface area contributed by atoms with Crippen LogP contribution in [0.15, 0.2) is 18.2 Å². The van der Waals surface area contributed by atoms with Crippen LogP contribution in [0.25, 0.3) is 0 Å². The minimum absolute atomic E-state index is 0. The minimum Gasteiger partial charge on any atom is -0.487 e. The second kappa shape index (κ2) is 7.97. The Hall–Kier alpha value is -1.33. The molecule has 1 aromatic rings. The molecule has 1 saturated heterocycles. The van der Waals surface area contributed by atoms with Crippen LogP contribution in [0.2, 0.25) is 0 Å². The number of rotatable bonds is 3. The number of hydrogen-bond acceptors (Lipinski definition) is 3. The van der Waals surface area contributed by atoms with Gasteiger partial charge in [0.15, 0.2) is 0 Å². The highest BCUT2D eigenvalue weighted by Gasteiger charge is 2.28. The third-order valence-corrected chi connectivity index (χ3v) is 4.51. The van der Waals surface area contributed by atoms with E-state index in [2.05, 4.69) is 5.32 Å². The summed E-state index contributed by atoms with van der Waals surface area (Å²) in [7, 11) is 0. The number of anilines is 1. The van der Waals surface area contributed by atoms with Crippen LogP contribution < -0.4 is 15.0 Å². The second-order valence-corrected chi connectivity index (χ2v) is 6.28. The van der Waals surface area contributed by atoms with Gasteiger partial charge in [0.1, 0.15) is 17.7 Å². The molecule has 1 unspecified atom stereocenters. The number of ether oxygens (including phenoxy) is 1. The topological polar surface area (TPSA) is 41.6 Å². The van der Waals surface area contributed by atoms with Crippen molar-refractivity contribution in [1.82, 2.24) is 5.32 Å². The fraction of sp³-hybridized carbons (Fsp3) is 0.588. The van der Waals surface area contributed by atoms with Gasteiger partial charge in [-0.3, -0.25) is 4.79 Å². The summed E-state index contributed by atoms with van der Waals surface area (Å²) in [6.07, 6.45) is 3.66. The van der Waals surface area contributed by atoms with Gasteiger partial charge in [0.05, 0.1) is 12.2 Å². The Bertz CT molecular complexity index is 549. The lowest BCUT2D eigenvalue weighted by Gasteiger charge is -2.34. The van der Waals surface area contributed by atoms with Crippen molar-refractivity contribution < 1.29 is 13.9 Å². The molecule has 1 fully saturated rings. The zero-order valence-electron chi connectivity index (χ0n) is 13.4. The molecule has 2 heterocycles. The zero-order valence-corrected chi connectivity index (χ0v) is 14.2. The van der Waals surface area contributed by atoms with Gasteiger partial charge in [0, 0.05) is 12.5 Å². The van der Waals surface area contributed by atoms with E-state index in [1.54, 1.807) is 11.0 Å². The first kappa shape index (κ1) is 18.0. The van der Waals surface area contributed by atoms with Crippen molar-refractivity contribution in [1.29, 1.82) is 0 Å². The smallest absolute Gasteiger partial charge is 0.227 e. The molecule has 4 nitrogen and oxygen atoms in total. The Balaban J connectivity index is 0.00000192. The number of nitrogens with one attached hydrogen (secondary N) is 1. The van der Waals surface area contributed by atoms with Gasteiger partial charge >= 0.3 is 0 Å². The normalized spacial score (nSPS) is 21.1. The van der Waals surface area contributed by atoms with Gasteiger partial charge in [-0.05, 0) is 57.3 Å². The standard InChI is InChI=1S/C17H23FN2O2.ClH/c1-12-11-20(15-4-3-14(18)10-16(15)22-12)17(21)5-2-13-6-8-19-9-7-13;/h3-4,10,12-13,19H,2,5-9,11H2,1H3;1H. The van der Waals surface area contributed by atoms with Crippen molar-refractivity contribution in [2.75, 3.05) is 24.5 Å². The number of carbonyl (C=O) groups is 1. The van der Waals surface area contributed by atoms with Crippen molar-refractivity contribution in [3.8, 4) is 5.75 Å². The summed E-state index contributed by atoms with van der Waals surface area (Å²) in [6.45, 7) is 4.54. The van der Waals surface area contributed by atoms with Crippen LogP contribution in [0.5, 0.6) is 5.75 Å². The summed E-state index contributed by atoms with van der Waals surface area (Å²) >= 11 is 0. The number of halogens is 2. The highest BCUT2D eigenvalue weighted by atomic mass is 35.5. The molecule has 1 atom stereocenters. The van der Waals surface area contributed by atoms with Crippen LogP contribution in [0.3, 0.4) is 0 Å². The summed E-state index contributed by atoms with van der Waals surface area (Å²) in [5, 5.41) is 3.34. The van der Waals surface area contributed by atoms with Crippen LogP contribution in [-0.2, 0) is 4.79 Å². The molecule has 0 aliphatic carbocycles. The average Bonchev–Trinajstić information content (AvgIpc) is 2.52. The maximum Gasteiger partial charge on any atom is 0.227 e. The van der Waals surface area contributed by atoms with Gasteiger partial charge in [0.2, 0.25) is 5.91 Å². The lowest BCUT2D eigenvalue weighted by molar-refractivity contribution is -0.119. The number of fused-ring (bicyclic) bond motifs is 1. The zero-order chi connectivity index (χ0) is 15.5. The van der Waals surface area contributed by atoms with Crippen LogP contribution in [0, 0.1) is 11.7 Å². The van der Waals surface area contributed by atoms with Crippen LogP contribution in [0.4, 0.5) is 10.1 Å². The molecule has 0 bridgehead atoms. The molecule has 1 amide bonds. The monoisotopic (exact) mass is 342 g/mol. The second-order valence-electron chi connectivity index (χ2n) is 6.28. The number of amides is 1. The Morgan fingerprint density at radius 1 is 1.39 bits per heavy atom. The number of carbonyl (C=O) groups excluding carboxylic acids is 1. The highest BCUT2D eigenvalue weighted by Crippen LogP contribution is 2.34. The largest absolute Gasteiger partial charge is 0.487 e. The Labute approximate surface area is 142 Å². The molecule has 0 spiro atoms. The van der Waals surface area contributed by atoms with E-state index >= 15 is 0 Å². The molecular weight excluding hydrogens is 319 g/mol. The lowest BCUT2D eigenvalue weighted by atomic mass is 9.93. The average molecular weight is 343 g/mol. The van der Waals surface area contributed by atoms with E-state index in [4.69, 9.17) is 4.74 Å². The summed E-state index contributed by atoms with van der Waals surface area (Å²) in [5.41, 5.74) is 0.690. The molecule has 0 radical (unpaired) electrons. The van der Waals surface area contributed by atoms with Gasteiger partial charge < -0.3 is 15.0 Å². The fourth-order valence-electron chi connectivity index (χ4n) is 3.28. The Kier molecular flexibility index (Phi) is 6.25. The van der Waals surface area contributed by atoms with Crippen LogP contribution >= 0.6 is 12.4 Å². The van der Waals surface area contributed by atoms with Gasteiger partial charge in [-0.25, -0.2) is 4.39 Å². The first-order valence-electron chi connectivity index (χ1n) is 8.11. The molecule has 1 aromatic carbocycles. The summed E-state index contributed by atoms with van der Waals surface area (Å²) in [6, 6.07) is 4.38. The lowest BCUT2D eigenvalue weighted by Crippen LogP contribution is -2.42. The molecule has 2 aliphatic heterocycles. The van der Waals surface area contributed by atoms with E-state index < -0.39 is 0 Å². The first-order chi connectivity index (χ1) is 10.6. The molecule has 6 heteroatoms. The van der Waals surface area contributed by atoms with Crippen molar-refractivity contribution in [2.24, 2.45) is 5.92 Å². The van der Waals surface area contributed by atoms with Crippen molar-refractivity contribution >= 4 is 24.0 Å². The quantitative estimate of drug-likeness (QED) is 0.917. The summed E-state index contributed by atoms with van der Waals surface area (Å²) in [5.74, 6) is 0.877. The maximum absolute atomic E-state index is 13.4. The van der Waals surface area contributed by atoms with Gasteiger partial charge in [-0.2, -0.15) is 0 Å². The number of piperidine rings is 1. The maximum atomic E-state index is 13.4. The number of nitrogens with zero attached hydrogens (tertiary/aromatic N) is 1. The number of hydrogen-bond donors (Lipinski definition) is 1. The predicted octanol–water partition coefficient (Wildman–Crippen LogP) is 3.14. The molecule has 128 valence electrons. The molecule has 1 N–H and O–H groups in total. The predicted molar refractivity (Wildman–Crippen MR) is 90.9 cm³/mol. The highest BCUT2D eigenvalue weighted by molar-refractivity contribution is 5.95. The van der Waals surface area contributed by atoms with Crippen LogP contribution in [-0.4, -0.2) is 31.6 Å². The minimum atomic E-state index is -0.338. The molecule has 3 rings (SSSR count). The summed E-state index contributed by atoms with van der Waals surface area (Å²) < 4.78 is 19.0. The molecule has 23 heavy (non-hydrogen) atoms. The van der Waals surface area contributed by atoms with Gasteiger partial charge in [0.25, 0.3) is 0 Å². The van der Waals surface area contributed by atoms with E-state index in [-0.39, 0.29) is 30.2 Å². The van der Waals surface area contributed by atoms with E-state index in [1.165, 1.54) is 12.1 Å². The SMILES string of the molecule is CC1CN(C(=O)CCC2CCNCC2)c2ccc(F)cc2O1.Cl. The third kappa shape index (κ3) is 4.36. The van der Waals surface area contributed by atoms with E-state index in [0.29, 0.717) is 30.3 Å². The van der Waals surface area contributed by atoms with E-state index in [9.17, 15) is 9.18 Å². The molecule has 2 aliphatic rings. The Morgan fingerprint density at radius 3 is 2.87 bits per heavy atom. The van der Waals surface area contributed by atoms with Gasteiger partial charge in [-0.15, -0.1) is 12.4 Å². The van der Waals surface area contributed by atoms with Crippen molar-refractivity contribution in [3.05, 3.63) is 24.0 Å². The molecule has 0 saturated carbocycles. The summed E-state index contributed by atoms with van der Waals surface area (Å²) in [4.78, 5) is 14.3. The van der Waals surface area contributed by atoms with Crippen LogP contribution in [0.1, 0.15) is 32.6 Å². The third-order valence-electron chi connectivity index (χ3n) is 4.51. The van der Waals surface area contributed by atoms with E-state index in [1.807, 2.05) is 6.92 Å². The Morgan fingerprint density at radius 2 is 2.13 bits per heavy atom. The van der Waals surface area contributed by atoms with Crippen molar-refractivity contribution in [3.63, 3.8) is 0 Å². The fourth-order valence-corrected chi connectivity index (χ4v) is 3.28.